The number of aryl methyl sites for hydroxylation is 2. The summed E-state index contributed by atoms with van der Waals surface area (Å²) >= 11 is 0. The van der Waals surface area contributed by atoms with Gasteiger partial charge in [0.05, 0.1) is 11.4 Å². The van der Waals surface area contributed by atoms with Crippen molar-refractivity contribution in [1.29, 1.82) is 0 Å². The second kappa shape index (κ2) is 6.99. The number of aromatic amines is 1. The van der Waals surface area contributed by atoms with Gasteiger partial charge in [-0.05, 0) is 87.0 Å². The Morgan fingerprint density at radius 3 is 2.62 bits per heavy atom. The lowest BCUT2D eigenvalue weighted by atomic mass is 9.88. The minimum absolute atomic E-state index is 0.426. The largest absolute Gasteiger partial charge is 0.354 e. The summed E-state index contributed by atoms with van der Waals surface area (Å²) in [6.07, 6.45) is 2.45. The Morgan fingerprint density at radius 1 is 1.07 bits per heavy atom. The van der Waals surface area contributed by atoms with Crippen molar-refractivity contribution >= 4 is 16.6 Å². The second-order valence-corrected chi connectivity index (χ2v) is 8.66. The van der Waals surface area contributed by atoms with Gasteiger partial charge in [0, 0.05) is 16.5 Å². The van der Waals surface area contributed by atoms with E-state index in [-0.39, 0.29) is 0 Å². The summed E-state index contributed by atoms with van der Waals surface area (Å²) in [6.45, 7) is 10.9. The molecule has 0 spiro atoms. The van der Waals surface area contributed by atoms with Gasteiger partial charge in [-0.15, -0.1) is 0 Å². The lowest BCUT2D eigenvalue weighted by Crippen LogP contribution is -2.26. The Kier molecular flexibility index (Phi) is 4.43. The van der Waals surface area contributed by atoms with Crippen LogP contribution in [0.2, 0.25) is 0 Å². The van der Waals surface area contributed by atoms with Crippen LogP contribution in [0.4, 0.5) is 0 Å². The highest BCUT2D eigenvalue weighted by Gasteiger charge is 2.21. The molecule has 2 N–H and O–H groups in total. The fourth-order valence-corrected chi connectivity index (χ4v) is 4.89. The smallest absolute Gasteiger partial charge is 0.155 e. The first-order valence-corrected chi connectivity index (χ1v) is 10.7. The van der Waals surface area contributed by atoms with Gasteiger partial charge in [0.1, 0.15) is 5.82 Å². The summed E-state index contributed by atoms with van der Waals surface area (Å²) in [5, 5.41) is 9.43. The van der Waals surface area contributed by atoms with E-state index in [2.05, 4.69) is 71.5 Å². The number of fused-ring (bicyclic) bond motifs is 2. The number of piperidine rings is 1. The number of nitrogens with zero attached hydrogens (tertiary/aromatic N) is 3. The molecular formula is C24H29N5. The first kappa shape index (κ1) is 18.4. The third-order valence-corrected chi connectivity index (χ3v) is 6.36. The van der Waals surface area contributed by atoms with Crippen LogP contribution in [0.3, 0.4) is 0 Å². The van der Waals surface area contributed by atoms with Gasteiger partial charge in [0.25, 0.3) is 0 Å². The minimum Gasteiger partial charge on any atom is -0.354 e. The van der Waals surface area contributed by atoms with Crippen molar-refractivity contribution in [3.8, 4) is 11.3 Å². The Morgan fingerprint density at radius 2 is 1.86 bits per heavy atom. The molecule has 0 bridgehead atoms. The third-order valence-electron chi connectivity index (χ3n) is 6.36. The number of rotatable bonds is 3. The van der Waals surface area contributed by atoms with E-state index in [1.807, 2.05) is 11.4 Å². The number of benzene rings is 1. The van der Waals surface area contributed by atoms with Gasteiger partial charge < -0.3 is 10.3 Å². The molecule has 0 amide bonds. The van der Waals surface area contributed by atoms with Crippen molar-refractivity contribution in [2.45, 2.75) is 52.4 Å². The summed E-state index contributed by atoms with van der Waals surface area (Å²) in [7, 11) is 0. The zero-order chi connectivity index (χ0) is 20.1. The summed E-state index contributed by atoms with van der Waals surface area (Å²) < 4.78 is 1.96. The van der Waals surface area contributed by atoms with Gasteiger partial charge in [-0.2, -0.15) is 5.10 Å². The quantitative estimate of drug-likeness (QED) is 0.515. The standard InChI is InChI=1S/C24H29N5/c1-14(2)23-20-13-18(17-9-11-25-12-10-17)5-7-21(20)27-24(23)19-6-8-22-26-16(4)28-29(22)15(19)3/h5-8,13-14,17,25,27H,9-12H2,1-4H3. The molecule has 0 saturated carbocycles. The van der Waals surface area contributed by atoms with Crippen molar-refractivity contribution in [2.24, 2.45) is 0 Å². The van der Waals surface area contributed by atoms with Crippen molar-refractivity contribution in [3.63, 3.8) is 0 Å². The van der Waals surface area contributed by atoms with Crippen LogP contribution in [0.5, 0.6) is 0 Å². The zero-order valence-corrected chi connectivity index (χ0v) is 17.7. The molecule has 5 nitrogen and oxygen atoms in total. The maximum Gasteiger partial charge on any atom is 0.155 e. The zero-order valence-electron chi connectivity index (χ0n) is 17.7. The minimum atomic E-state index is 0.426. The van der Waals surface area contributed by atoms with Gasteiger partial charge >= 0.3 is 0 Å². The van der Waals surface area contributed by atoms with Crippen LogP contribution in [0.1, 0.15) is 61.2 Å². The summed E-state index contributed by atoms with van der Waals surface area (Å²) in [4.78, 5) is 8.24. The molecule has 4 heterocycles. The van der Waals surface area contributed by atoms with E-state index >= 15 is 0 Å². The van der Waals surface area contributed by atoms with E-state index in [9.17, 15) is 0 Å². The number of pyridine rings is 1. The SMILES string of the molecule is Cc1nc2ccc(-c3[nH]c4ccc(C5CCNCC5)cc4c3C(C)C)c(C)n2n1. The number of aromatic nitrogens is 4. The molecule has 5 rings (SSSR count). The van der Waals surface area contributed by atoms with Crippen molar-refractivity contribution in [2.75, 3.05) is 13.1 Å². The molecule has 0 aliphatic carbocycles. The van der Waals surface area contributed by atoms with Gasteiger partial charge in [-0.3, -0.25) is 0 Å². The molecule has 1 aliphatic rings. The topological polar surface area (TPSA) is 58.0 Å². The predicted molar refractivity (Wildman–Crippen MR) is 119 cm³/mol. The summed E-state index contributed by atoms with van der Waals surface area (Å²) in [5.74, 6) is 1.89. The highest BCUT2D eigenvalue weighted by molar-refractivity contribution is 5.92. The second-order valence-electron chi connectivity index (χ2n) is 8.66. The van der Waals surface area contributed by atoms with E-state index in [1.54, 1.807) is 0 Å². The van der Waals surface area contributed by atoms with E-state index in [1.165, 1.54) is 46.1 Å². The average Bonchev–Trinajstić information content (AvgIpc) is 3.28. The highest BCUT2D eigenvalue weighted by atomic mass is 15.3. The molecule has 4 aromatic rings. The molecular weight excluding hydrogens is 358 g/mol. The van der Waals surface area contributed by atoms with E-state index < -0.39 is 0 Å². The molecule has 0 unspecified atom stereocenters. The predicted octanol–water partition coefficient (Wildman–Crippen LogP) is 5.08. The summed E-state index contributed by atoms with van der Waals surface area (Å²) in [6, 6.07) is 11.3. The van der Waals surface area contributed by atoms with Crippen LogP contribution in [0, 0.1) is 13.8 Å². The van der Waals surface area contributed by atoms with Crippen molar-refractivity contribution < 1.29 is 0 Å². The van der Waals surface area contributed by atoms with Gasteiger partial charge in [0.15, 0.2) is 5.65 Å². The Bertz CT molecular complexity index is 1190. The van der Waals surface area contributed by atoms with Gasteiger partial charge in [0.2, 0.25) is 0 Å². The number of nitrogens with one attached hydrogen (secondary N) is 2. The molecule has 0 radical (unpaired) electrons. The molecule has 1 aliphatic heterocycles. The van der Waals surface area contributed by atoms with E-state index in [0.29, 0.717) is 11.8 Å². The van der Waals surface area contributed by atoms with E-state index in [0.717, 1.165) is 30.3 Å². The van der Waals surface area contributed by atoms with E-state index in [4.69, 9.17) is 0 Å². The maximum atomic E-state index is 4.59. The van der Waals surface area contributed by atoms with Crippen LogP contribution < -0.4 is 5.32 Å². The van der Waals surface area contributed by atoms with Crippen molar-refractivity contribution in [3.05, 3.63) is 53.0 Å². The van der Waals surface area contributed by atoms with Crippen LogP contribution in [0.25, 0.3) is 27.8 Å². The van der Waals surface area contributed by atoms with Crippen LogP contribution in [0.15, 0.2) is 30.3 Å². The molecule has 0 atom stereocenters. The monoisotopic (exact) mass is 387 g/mol. The Balaban J connectivity index is 1.69. The average molecular weight is 388 g/mol. The lowest BCUT2D eigenvalue weighted by Gasteiger charge is -2.23. The third kappa shape index (κ3) is 3.04. The number of H-pyrrole nitrogens is 1. The van der Waals surface area contributed by atoms with Crippen LogP contribution >= 0.6 is 0 Å². The Labute approximate surface area is 171 Å². The van der Waals surface area contributed by atoms with Crippen LogP contribution in [-0.4, -0.2) is 32.7 Å². The molecule has 150 valence electrons. The van der Waals surface area contributed by atoms with Gasteiger partial charge in [-0.1, -0.05) is 19.9 Å². The fourth-order valence-electron chi connectivity index (χ4n) is 4.89. The maximum absolute atomic E-state index is 4.59. The lowest BCUT2D eigenvalue weighted by molar-refractivity contribution is 0.460. The molecule has 5 heteroatoms. The van der Waals surface area contributed by atoms with Crippen LogP contribution in [-0.2, 0) is 0 Å². The van der Waals surface area contributed by atoms with Crippen molar-refractivity contribution in [1.82, 2.24) is 24.9 Å². The van der Waals surface area contributed by atoms with Gasteiger partial charge in [-0.25, -0.2) is 9.50 Å². The number of hydrogen-bond acceptors (Lipinski definition) is 3. The first-order valence-electron chi connectivity index (χ1n) is 10.7. The Hall–Kier alpha value is -2.66. The molecule has 1 fully saturated rings. The molecule has 29 heavy (non-hydrogen) atoms. The normalized spacial score (nSPS) is 15.8. The molecule has 3 aromatic heterocycles. The molecule has 1 saturated heterocycles. The molecule has 1 aromatic carbocycles. The number of hydrogen-bond donors (Lipinski definition) is 2. The fraction of sp³-hybridized carbons (Fsp3) is 0.417. The summed E-state index contributed by atoms with van der Waals surface area (Å²) in [5.41, 5.74) is 8.53. The highest BCUT2D eigenvalue weighted by Crippen LogP contribution is 2.38. The first-order chi connectivity index (χ1) is 14.0.